The molecule has 2 rings (SSSR count). The Morgan fingerprint density at radius 1 is 1.45 bits per heavy atom. The van der Waals surface area contributed by atoms with E-state index >= 15 is 0 Å². The summed E-state index contributed by atoms with van der Waals surface area (Å²) in [5, 5.41) is 8.90. The van der Waals surface area contributed by atoms with Crippen molar-refractivity contribution in [2.24, 2.45) is 0 Å². The van der Waals surface area contributed by atoms with Crippen molar-refractivity contribution in [3.8, 4) is 5.75 Å². The summed E-state index contributed by atoms with van der Waals surface area (Å²) >= 11 is 0. The normalized spacial score (nSPS) is 19.8. The van der Waals surface area contributed by atoms with E-state index in [2.05, 4.69) is 4.90 Å². The Hall–Kier alpha value is -1.59. The highest BCUT2D eigenvalue weighted by atomic mass is 16.5. The Kier molecular flexibility index (Phi) is 5.38. The summed E-state index contributed by atoms with van der Waals surface area (Å²) in [6, 6.07) is 7.87. The van der Waals surface area contributed by atoms with Gasteiger partial charge in [0.15, 0.2) is 0 Å². The first-order valence-electron chi connectivity index (χ1n) is 6.88. The topological polar surface area (TPSA) is 59.0 Å². The van der Waals surface area contributed by atoms with E-state index in [0.29, 0.717) is 19.8 Å². The van der Waals surface area contributed by atoms with Gasteiger partial charge in [-0.3, -0.25) is 9.69 Å². The van der Waals surface area contributed by atoms with Gasteiger partial charge in [-0.15, -0.1) is 0 Å². The van der Waals surface area contributed by atoms with Crippen LogP contribution in [0.3, 0.4) is 0 Å². The summed E-state index contributed by atoms with van der Waals surface area (Å²) in [5.74, 6) is 0.0589. The SMILES string of the molecule is Cc1ccc(OCCN2CCOCC2CC(=O)O)cc1. The van der Waals surface area contributed by atoms with Crippen LogP contribution in [-0.4, -0.2) is 54.9 Å². The minimum atomic E-state index is -0.787. The van der Waals surface area contributed by atoms with E-state index in [-0.39, 0.29) is 12.5 Å². The van der Waals surface area contributed by atoms with Crippen LogP contribution in [0.25, 0.3) is 0 Å². The highest BCUT2D eigenvalue weighted by molar-refractivity contribution is 5.67. The second kappa shape index (κ2) is 7.26. The van der Waals surface area contributed by atoms with Gasteiger partial charge < -0.3 is 14.6 Å². The van der Waals surface area contributed by atoms with Crippen molar-refractivity contribution in [2.45, 2.75) is 19.4 Å². The molecule has 0 amide bonds. The van der Waals surface area contributed by atoms with Crippen molar-refractivity contribution in [2.75, 3.05) is 32.9 Å². The second-order valence-corrected chi connectivity index (χ2v) is 5.02. The maximum atomic E-state index is 10.8. The molecule has 0 spiro atoms. The number of carbonyl (C=O) groups is 1. The molecule has 110 valence electrons. The number of morpholine rings is 1. The largest absolute Gasteiger partial charge is 0.492 e. The number of aryl methyl sites for hydroxylation is 1. The Bertz CT molecular complexity index is 432. The number of nitrogens with zero attached hydrogens (tertiary/aromatic N) is 1. The number of carboxylic acids is 1. The van der Waals surface area contributed by atoms with Gasteiger partial charge in [0.2, 0.25) is 0 Å². The number of hydrogen-bond acceptors (Lipinski definition) is 4. The zero-order valence-electron chi connectivity index (χ0n) is 11.7. The van der Waals surface area contributed by atoms with E-state index in [1.54, 1.807) is 0 Å². The van der Waals surface area contributed by atoms with E-state index in [1.165, 1.54) is 5.56 Å². The molecule has 1 heterocycles. The van der Waals surface area contributed by atoms with Crippen molar-refractivity contribution < 1.29 is 19.4 Å². The van der Waals surface area contributed by atoms with Crippen molar-refractivity contribution in [1.29, 1.82) is 0 Å². The molecule has 1 aromatic carbocycles. The van der Waals surface area contributed by atoms with Crippen LogP contribution < -0.4 is 4.74 Å². The molecule has 5 nitrogen and oxygen atoms in total. The molecule has 0 bridgehead atoms. The molecule has 1 atom stereocenters. The Labute approximate surface area is 119 Å². The maximum Gasteiger partial charge on any atom is 0.305 e. The molecule has 1 aliphatic rings. The fraction of sp³-hybridized carbons (Fsp3) is 0.533. The number of hydrogen-bond donors (Lipinski definition) is 1. The van der Waals surface area contributed by atoms with Crippen molar-refractivity contribution in [1.82, 2.24) is 4.90 Å². The number of carboxylic acid groups (broad SMARTS) is 1. The minimum absolute atomic E-state index is 0.0529. The zero-order chi connectivity index (χ0) is 14.4. The van der Waals surface area contributed by atoms with Crippen LogP contribution in [0.5, 0.6) is 5.75 Å². The molecule has 1 saturated heterocycles. The summed E-state index contributed by atoms with van der Waals surface area (Å²) in [6.45, 7) is 5.20. The van der Waals surface area contributed by atoms with Gasteiger partial charge in [-0.1, -0.05) is 17.7 Å². The quantitative estimate of drug-likeness (QED) is 0.856. The number of benzene rings is 1. The fourth-order valence-corrected chi connectivity index (χ4v) is 2.29. The van der Waals surface area contributed by atoms with Gasteiger partial charge in [-0.05, 0) is 19.1 Å². The van der Waals surface area contributed by atoms with E-state index in [4.69, 9.17) is 14.6 Å². The van der Waals surface area contributed by atoms with E-state index in [9.17, 15) is 4.79 Å². The van der Waals surface area contributed by atoms with E-state index in [0.717, 1.165) is 18.8 Å². The van der Waals surface area contributed by atoms with Gasteiger partial charge in [0.05, 0.1) is 19.6 Å². The summed E-state index contributed by atoms with van der Waals surface area (Å²) in [7, 11) is 0. The lowest BCUT2D eigenvalue weighted by Gasteiger charge is -2.34. The van der Waals surface area contributed by atoms with Crippen LogP contribution in [0.2, 0.25) is 0 Å². The molecule has 0 saturated carbocycles. The van der Waals surface area contributed by atoms with Gasteiger partial charge >= 0.3 is 5.97 Å². The number of aliphatic carboxylic acids is 1. The van der Waals surface area contributed by atoms with Gasteiger partial charge in [0.25, 0.3) is 0 Å². The molecule has 0 radical (unpaired) electrons. The molecule has 1 aliphatic heterocycles. The maximum absolute atomic E-state index is 10.8. The average Bonchev–Trinajstić information content (AvgIpc) is 2.42. The zero-order valence-corrected chi connectivity index (χ0v) is 11.7. The van der Waals surface area contributed by atoms with Crippen molar-refractivity contribution >= 4 is 5.97 Å². The molecule has 1 unspecified atom stereocenters. The predicted octanol–water partition coefficient (Wildman–Crippen LogP) is 1.55. The molecule has 1 N–H and O–H groups in total. The molecule has 20 heavy (non-hydrogen) atoms. The summed E-state index contributed by atoms with van der Waals surface area (Å²) in [6.07, 6.45) is 0.116. The first-order valence-corrected chi connectivity index (χ1v) is 6.88. The monoisotopic (exact) mass is 279 g/mol. The van der Waals surface area contributed by atoms with E-state index < -0.39 is 5.97 Å². The third kappa shape index (κ3) is 4.51. The van der Waals surface area contributed by atoms with Gasteiger partial charge in [-0.2, -0.15) is 0 Å². The van der Waals surface area contributed by atoms with Crippen LogP contribution in [0.4, 0.5) is 0 Å². The van der Waals surface area contributed by atoms with Crippen LogP contribution in [-0.2, 0) is 9.53 Å². The predicted molar refractivity (Wildman–Crippen MR) is 75.1 cm³/mol. The molecule has 1 aromatic rings. The molecular weight excluding hydrogens is 258 g/mol. The lowest BCUT2D eigenvalue weighted by atomic mass is 10.1. The third-order valence-corrected chi connectivity index (χ3v) is 3.43. The molecular formula is C15H21NO4. The van der Waals surface area contributed by atoms with Crippen LogP contribution in [0.15, 0.2) is 24.3 Å². The molecule has 0 aliphatic carbocycles. The Balaban J connectivity index is 1.79. The number of ether oxygens (including phenoxy) is 2. The molecule has 0 aromatic heterocycles. The average molecular weight is 279 g/mol. The second-order valence-electron chi connectivity index (χ2n) is 5.02. The van der Waals surface area contributed by atoms with Crippen molar-refractivity contribution in [3.05, 3.63) is 29.8 Å². The van der Waals surface area contributed by atoms with Crippen LogP contribution in [0, 0.1) is 6.92 Å². The smallest absolute Gasteiger partial charge is 0.305 e. The fourth-order valence-electron chi connectivity index (χ4n) is 2.29. The van der Waals surface area contributed by atoms with Gasteiger partial charge in [0, 0.05) is 19.1 Å². The lowest BCUT2D eigenvalue weighted by molar-refractivity contribution is -0.140. The minimum Gasteiger partial charge on any atom is -0.492 e. The highest BCUT2D eigenvalue weighted by Crippen LogP contribution is 2.13. The molecule has 1 fully saturated rings. The van der Waals surface area contributed by atoms with Gasteiger partial charge in [0.1, 0.15) is 12.4 Å². The summed E-state index contributed by atoms with van der Waals surface area (Å²) in [4.78, 5) is 13.0. The lowest BCUT2D eigenvalue weighted by Crippen LogP contribution is -2.47. The van der Waals surface area contributed by atoms with Crippen molar-refractivity contribution in [3.63, 3.8) is 0 Å². The first-order chi connectivity index (χ1) is 9.65. The molecule has 5 heteroatoms. The van der Waals surface area contributed by atoms with Crippen LogP contribution >= 0.6 is 0 Å². The van der Waals surface area contributed by atoms with Gasteiger partial charge in [-0.25, -0.2) is 0 Å². The number of rotatable bonds is 6. The summed E-state index contributed by atoms with van der Waals surface area (Å²) in [5.41, 5.74) is 1.20. The first kappa shape index (κ1) is 14.8. The van der Waals surface area contributed by atoms with E-state index in [1.807, 2.05) is 31.2 Å². The Morgan fingerprint density at radius 2 is 2.20 bits per heavy atom. The standard InChI is InChI=1S/C15H21NO4/c1-12-2-4-14(5-3-12)20-9-7-16-6-8-19-11-13(16)10-15(17)18/h2-5,13H,6-11H2,1H3,(H,17,18). The third-order valence-electron chi connectivity index (χ3n) is 3.43. The Morgan fingerprint density at radius 3 is 2.90 bits per heavy atom. The van der Waals surface area contributed by atoms with Crippen LogP contribution in [0.1, 0.15) is 12.0 Å². The summed E-state index contributed by atoms with van der Waals surface area (Å²) < 4.78 is 11.0. The highest BCUT2D eigenvalue weighted by Gasteiger charge is 2.24.